The van der Waals surface area contributed by atoms with E-state index in [-0.39, 0.29) is 30.9 Å². The molecule has 1 aliphatic carbocycles. The summed E-state index contributed by atoms with van der Waals surface area (Å²) in [6, 6.07) is 0.282. The van der Waals surface area contributed by atoms with E-state index in [9.17, 15) is 14.4 Å². The Morgan fingerprint density at radius 2 is 1.90 bits per heavy atom. The molecule has 21 heavy (non-hydrogen) atoms. The van der Waals surface area contributed by atoms with Gasteiger partial charge in [0.05, 0.1) is 19.0 Å². The molecule has 1 unspecified atom stereocenters. The summed E-state index contributed by atoms with van der Waals surface area (Å²) in [6.07, 6.45) is 2.03. The zero-order valence-corrected chi connectivity index (χ0v) is 13.0. The predicted octanol–water partition coefficient (Wildman–Crippen LogP) is -0.234. The van der Waals surface area contributed by atoms with Gasteiger partial charge in [-0.3, -0.25) is 19.3 Å². The average Bonchev–Trinajstić information content (AvgIpc) is 3.20. The van der Waals surface area contributed by atoms with Crippen molar-refractivity contribution in [3.05, 3.63) is 0 Å². The first kappa shape index (κ1) is 17.4. The molecule has 0 aromatic heterocycles. The van der Waals surface area contributed by atoms with Gasteiger partial charge in [0.25, 0.3) is 0 Å². The Morgan fingerprint density at radius 1 is 1.29 bits per heavy atom. The van der Waals surface area contributed by atoms with Crippen molar-refractivity contribution in [2.45, 2.75) is 32.7 Å². The number of carboxylic acids is 1. The van der Waals surface area contributed by atoms with Crippen LogP contribution < -0.4 is 5.32 Å². The Balaban J connectivity index is 2.37. The second-order valence-corrected chi connectivity index (χ2v) is 5.66. The molecular weight excluding hydrogens is 274 g/mol. The topological polar surface area (TPSA) is 90.0 Å². The van der Waals surface area contributed by atoms with E-state index < -0.39 is 11.9 Å². The molecule has 2 N–H and O–H groups in total. The summed E-state index contributed by atoms with van der Waals surface area (Å²) in [7, 11) is 1.59. The van der Waals surface area contributed by atoms with Crippen LogP contribution in [0.25, 0.3) is 0 Å². The number of rotatable bonds is 9. The van der Waals surface area contributed by atoms with E-state index in [0.717, 1.165) is 12.8 Å². The highest BCUT2D eigenvalue weighted by molar-refractivity contribution is 5.85. The third-order valence-electron chi connectivity index (χ3n) is 3.51. The van der Waals surface area contributed by atoms with Gasteiger partial charge in [0.15, 0.2) is 0 Å². The Hall–Kier alpha value is -1.63. The van der Waals surface area contributed by atoms with Crippen LogP contribution in [0.3, 0.4) is 0 Å². The van der Waals surface area contributed by atoms with Crippen molar-refractivity contribution in [1.29, 1.82) is 0 Å². The Kier molecular flexibility index (Phi) is 6.61. The highest BCUT2D eigenvalue weighted by Gasteiger charge is 2.25. The van der Waals surface area contributed by atoms with E-state index in [1.54, 1.807) is 18.9 Å². The summed E-state index contributed by atoms with van der Waals surface area (Å²) in [6.45, 7) is 4.57. The van der Waals surface area contributed by atoms with Crippen molar-refractivity contribution in [1.82, 2.24) is 15.1 Å². The number of likely N-dealkylation sites (N-methyl/N-ethyl adjacent to an activating group) is 2. The van der Waals surface area contributed by atoms with Gasteiger partial charge in [0.2, 0.25) is 11.8 Å². The molecule has 7 heteroatoms. The molecule has 1 fully saturated rings. The predicted molar refractivity (Wildman–Crippen MR) is 77.7 cm³/mol. The molecule has 2 amide bonds. The molecule has 0 spiro atoms. The molecule has 0 aromatic rings. The Labute approximate surface area is 125 Å². The van der Waals surface area contributed by atoms with Crippen LogP contribution in [-0.2, 0) is 14.4 Å². The quantitative estimate of drug-likeness (QED) is 0.613. The minimum Gasteiger partial charge on any atom is -0.481 e. The highest BCUT2D eigenvalue weighted by Crippen LogP contribution is 2.18. The Morgan fingerprint density at radius 3 is 2.38 bits per heavy atom. The van der Waals surface area contributed by atoms with Gasteiger partial charge in [-0.05, 0) is 19.4 Å². The van der Waals surface area contributed by atoms with Crippen molar-refractivity contribution >= 4 is 17.8 Å². The Bertz CT molecular complexity index is 396. The fraction of sp³-hybridized carbons (Fsp3) is 0.786. The van der Waals surface area contributed by atoms with E-state index >= 15 is 0 Å². The van der Waals surface area contributed by atoms with Gasteiger partial charge >= 0.3 is 5.97 Å². The van der Waals surface area contributed by atoms with E-state index in [1.165, 1.54) is 4.90 Å². The lowest BCUT2D eigenvalue weighted by Crippen LogP contribution is -2.44. The molecule has 7 nitrogen and oxygen atoms in total. The number of carboxylic acid groups (broad SMARTS) is 1. The van der Waals surface area contributed by atoms with E-state index in [0.29, 0.717) is 13.1 Å². The van der Waals surface area contributed by atoms with Crippen LogP contribution >= 0.6 is 0 Å². The van der Waals surface area contributed by atoms with Gasteiger partial charge < -0.3 is 15.3 Å². The highest BCUT2D eigenvalue weighted by atomic mass is 16.4. The first-order valence-electron chi connectivity index (χ1n) is 7.32. The molecule has 1 rings (SSSR count). The van der Waals surface area contributed by atoms with Crippen LogP contribution in [0.5, 0.6) is 0 Å². The van der Waals surface area contributed by atoms with E-state index in [1.807, 2.05) is 6.92 Å². The standard InChI is InChI=1S/C14H25N3O4/c1-4-17(7-10(2)14(20)21)9-13(19)16(3)8-12(18)15-11-5-6-11/h10-11H,4-9H2,1-3H3,(H,15,18)(H,20,21). The number of nitrogens with one attached hydrogen (secondary N) is 1. The lowest BCUT2D eigenvalue weighted by Gasteiger charge is -2.25. The van der Waals surface area contributed by atoms with Crippen molar-refractivity contribution in [3.8, 4) is 0 Å². The first-order chi connectivity index (χ1) is 9.83. The van der Waals surface area contributed by atoms with Gasteiger partial charge in [-0.1, -0.05) is 13.8 Å². The van der Waals surface area contributed by atoms with Crippen LogP contribution in [0.1, 0.15) is 26.7 Å². The molecule has 1 aliphatic rings. The SMILES string of the molecule is CCN(CC(=O)N(C)CC(=O)NC1CC1)CC(C)C(=O)O. The van der Waals surface area contributed by atoms with E-state index in [4.69, 9.17) is 5.11 Å². The summed E-state index contributed by atoms with van der Waals surface area (Å²) < 4.78 is 0. The van der Waals surface area contributed by atoms with Gasteiger partial charge in [0.1, 0.15) is 0 Å². The fourth-order valence-electron chi connectivity index (χ4n) is 1.89. The average molecular weight is 299 g/mol. The van der Waals surface area contributed by atoms with Crippen molar-refractivity contribution in [2.75, 3.05) is 33.2 Å². The van der Waals surface area contributed by atoms with Crippen LogP contribution in [0.15, 0.2) is 0 Å². The number of amides is 2. The largest absolute Gasteiger partial charge is 0.481 e. The minimum atomic E-state index is -0.877. The number of hydrogen-bond acceptors (Lipinski definition) is 4. The molecule has 0 saturated heterocycles. The van der Waals surface area contributed by atoms with Gasteiger partial charge in [0, 0.05) is 19.6 Å². The fourth-order valence-corrected chi connectivity index (χ4v) is 1.89. The smallest absolute Gasteiger partial charge is 0.307 e. The maximum absolute atomic E-state index is 12.1. The van der Waals surface area contributed by atoms with Crippen LogP contribution in [0.4, 0.5) is 0 Å². The lowest BCUT2D eigenvalue weighted by molar-refractivity contribution is -0.142. The molecule has 120 valence electrons. The maximum atomic E-state index is 12.1. The maximum Gasteiger partial charge on any atom is 0.307 e. The zero-order chi connectivity index (χ0) is 16.0. The third kappa shape index (κ3) is 6.57. The molecule has 0 bridgehead atoms. The number of carbonyl (C=O) groups is 3. The van der Waals surface area contributed by atoms with Crippen LogP contribution in [0, 0.1) is 5.92 Å². The van der Waals surface area contributed by atoms with Crippen LogP contribution in [-0.4, -0.2) is 72.0 Å². The van der Waals surface area contributed by atoms with Crippen molar-refractivity contribution < 1.29 is 19.5 Å². The van der Waals surface area contributed by atoms with Crippen molar-refractivity contribution in [3.63, 3.8) is 0 Å². The number of carbonyl (C=O) groups excluding carboxylic acids is 2. The number of aliphatic carboxylic acids is 1. The van der Waals surface area contributed by atoms with Gasteiger partial charge in [-0.15, -0.1) is 0 Å². The monoisotopic (exact) mass is 299 g/mol. The second kappa shape index (κ2) is 7.97. The first-order valence-corrected chi connectivity index (χ1v) is 7.32. The second-order valence-electron chi connectivity index (χ2n) is 5.66. The van der Waals surface area contributed by atoms with Crippen molar-refractivity contribution in [2.24, 2.45) is 5.92 Å². The summed E-state index contributed by atoms with van der Waals surface area (Å²) in [4.78, 5) is 37.7. The minimum absolute atomic E-state index is 0.0430. The lowest BCUT2D eigenvalue weighted by atomic mass is 10.1. The molecule has 0 aromatic carbocycles. The van der Waals surface area contributed by atoms with Gasteiger partial charge in [-0.2, -0.15) is 0 Å². The molecule has 0 aliphatic heterocycles. The molecule has 0 heterocycles. The van der Waals surface area contributed by atoms with E-state index in [2.05, 4.69) is 5.32 Å². The molecule has 0 radical (unpaired) electrons. The molecular formula is C14H25N3O4. The molecule has 1 saturated carbocycles. The summed E-state index contributed by atoms with van der Waals surface area (Å²) >= 11 is 0. The summed E-state index contributed by atoms with van der Waals surface area (Å²) in [5.41, 5.74) is 0. The van der Waals surface area contributed by atoms with Crippen LogP contribution in [0.2, 0.25) is 0 Å². The summed E-state index contributed by atoms with van der Waals surface area (Å²) in [5, 5.41) is 11.7. The van der Waals surface area contributed by atoms with Gasteiger partial charge in [-0.25, -0.2) is 0 Å². The third-order valence-corrected chi connectivity index (χ3v) is 3.51. The zero-order valence-electron chi connectivity index (χ0n) is 13.0. The normalized spacial score (nSPS) is 15.6. The number of nitrogens with zero attached hydrogens (tertiary/aromatic N) is 2. The number of hydrogen-bond donors (Lipinski definition) is 2. The summed E-state index contributed by atoms with van der Waals surface area (Å²) in [5.74, 6) is -1.73. The molecule has 1 atom stereocenters.